The monoisotopic (exact) mass is 188 g/mol. The van der Waals surface area contributed by atoms with Crippen molar-refractivity contribution in [3.8, 4) is 0 Å². The Hall–Kier alpha value is -1.59. The quantitative estimate of drug-likeness (QED) is 0.562. The number of esters is 1. The normalized spacial score (nSPS) is 30.7. The second-order valence-electron chi connectivity index (χ2n) is 2.78. The van der Waals surface area contributed by atoms with Crippen molar-refractivity contribution in [2.24, 2.45) is 17.8 Å². The van der Waals surface area contributed by atoms with Gasteiger partial charge in [-0.3, -0.25) is 14.4 Å². The van der Waals surface area contributed by atoms with Crippen LogP contribution in [0.2, 0.25) is 0 Å². The van der Waals surface area contributed by atoms with Crippen LogP contribution in [0, 0.1) is 17.8 Å². The second-order valence-corrected chi connectivity index (χ2v) is 2.78. The lowest BCUT2D eigenvalue weighted by Gasteiger charge is -1.93. The van der Waals surface area contributed by atoms with Crippen LogP contribution in [0.4, 0.5) is 0 Å². The van der Waals surface area contributed by atoms with Crippen molar-refractivity contribution in [2.75, 3.05) is 7.11 Å². The zero-order chi connectivity index (χ0) is 10.2. The van der Waals surface area contributed by atoms with Crippen LogP contribution in [0.15, 0.2) is 0 Å². The van der Waals surface area contributed by atoms with E-state index in [0.29, 0.717) is 0 Å². The van der Waals surface area contributed by atoms with Gasteiger partial charge in [0.2, 0.25) is 0 Å². The third-order valence-electron chi connectivity index (χ3n) is 2.06. The molecule has 0 aromatic carbocycles. The van der Waals surface area contributed by atoms with Gasteiger partial charge in [-0.1, -0.05) is 0 Å². The third kappa shape index (κ3) is 1.47. The SMILES string of the molecule is COC(=O)C1[C@@H](C(=O)O)[C@@H]1C(=O)O. The number of hydrogen-bond donors (Lipinski definition) is 2. The summed E-state index contributed by atoms with van der Waals surface area (Å²) >= 11 is 0. The smallest absolute Gasteiger partial charge is 0.310 e. The van der Waals surface area contributed by atoms with E-state index in [2.05, 4.69) is 4.74 Å². The molecule has 1 saturated carbocycles. The minimum absolute atomic E-state index is 0.778. The minimum atomic E-state index is -1.28. The molecule has 0 saturated heterocycles. The van der Waals surface area contributed by atoms with Gasteiger partial charge < -0.3 is 14.9 Å². The van der Waals surface area contributed by atoms with E-state index < -0.39 is 35.7 Å². The number of methoxy groups -OCH3 is 1. The average molecular weight is 188 g/mol. The van der Waals surface area contributed by atoms with Crippen molar-refractivity contribution in [1.82, 2.24) is 0 Å². The third-order valence-corrected chi connectivity index (χ3v) is 2.06. The van der Waals surface area contributed by atoms with Crippen LogP contribution in [0.25, 0.3) is 0 Å². The summed E-state index contributed by atoms with van der Waals surface area (Å²) in [5.74, 6) is -6.62. The van der Waals surface area contributed by atoms with Crippen LogP contribution in [-0.2, 0) is 19.1 Å². The standard InChI is InChI=1S/C7H8O6/c1-13-7(12)4-2(5(8)9)3(4)6(10)11/h2-4H,1H3,(H,8,9)(H,10,11)/t2-,3-/m0/s1. The number of carboxylic acid groups (broad SMARTS) is 2. The highest BCUT2D eigenvalue weighted by Crippen LogP contribution is 2.47. The van der Waals surface area contributed by atoms with E-state index in [1.54, 1.807) is 0 Å². The molecule has 0 spiro atoms. The molecular formula is C7H8O6. The molecule has 2 atom stereocenters. The highest BCUT2D eigenvalue weighted by Gasteiger charge is 2.64. The molecule has 0 bridgehead atoms. The molecule has 6 nitrogen and oxygen atoms in total. The van der Waals surface area contributed by atoms with E-state index in [4.69, 9.17) is 10.2 Å². The summed E-state index contributed by atoms with van der Waals surface area (Å²) in [5.41, 5.74) is 0. The Morgan fingerprint density at radius 3 is 1.62 bits per heavy atom. The number of rotatable bonds is 3. The van der Waals surface area contributed by atoms with Crippen LogP contribution in [0.5, 0.6) is 0 Å². The fraction of sp³-hybridized carbons (Fsp3) is 0.571. The predicted molar refractivity (Wildman–Crippen MR) is 37.8 cm³/mol. The van der Waals surface area contributed by atoms with Crippen LogP contribution in [0.3, 0.4) is 0 Å². The van der Waals surface area contributed by atoms with Crippen molar-refractivity contribution in [3.05, 3.63) is 0 Å². The number of ether oxygens (including phenoxy) is 1. The fourth-order valence-corrected chi connectivity index (χ4v) is 1.35. The Morgan fingerprint density at radius 2 is 1.38 bits per heavy atom. The zero-order valence-electron chi connectivity index (χ0n) is 6.76. The van der Waals surface area contributed by atoms with Crippen LogP contribution >= 0.6 is 0 Å². The maximum Gasteiger partial charge on any atom is 0.310 e. The summed E-state index contributed by atoms with van der Waals surface area (Å²) in [6.45, 7) is 0. The Labute approximate surface area is 73.1 Å². The van der Waals surface area contributed by atoms with Gasteiger partial charge in [0.05, 0.1) is 24.9 Å². The zero-order valence-corrected chi connectivity index (χ0v) is 6.76. The largest absolute Gasteiger partial charge is 0.481 e. The molecule has 2 N–H and O–H groups in total. The molecular weight excluding hydrogens is 180 g/mol. The van der Waals surface area contributed by atoms with Gasteiger partial charge in [0.25, 0.3) is 0 Å². The molecule has 1 rings (SSSR count). The van der Waals surface area contributed by atoms with Gasteiger partial charge in [-0.15, -0.1) is 0 Å². The number of hydrogen-bond acceptors (Lipinski definition) is 4. The van der Waals surface area contributed by atoms with Gasteiger partial charge in [0.15, 0.2) is 0 Å². The molecule has 0 heterocycles. The minimum Gasteiger partial charge on any atom is -0.481 e. The lowest BCUT2D eigenvalue weighted by Crippen LogP contribution is -2.09. The van der Waals surface area contributed by atoms with Crippen molar-refractivity contribution in [1.29, 1.82) is 0 Å². The van der Waals surface area contributed by atoms with Gasteiger partial charge in [-0.25, -0.2) is 0 Å². The highest BCUT2D eigenvalue weighted by atomic mass is 16.5. The molecule has 0 unspecified atom stereocenters. The van der Waals surface area contributed by atoms with Crippen molar-refractivity contribution < 1.29 is 29.3 Å². The van der Waals surface area contributed by atoms with Gasteiger partial charge in [0, 0.05) is 0 Å². The maximum atomic E-state index is 10.9. The van der Waals surface area contributed by atoms with Gasteiger partial charge >= 0.3 is 17.9 Å². The van der Waals surface area contributed by atoms with Crippen molar-refractivity contribution >= 4 is 17.9 Å². The molecule has 1 fully saturated rings. The number of aliphatic carboxylic acids is 2. The summed E-state index contributed by atoms with van der Waals surface area (Å²) in [5, 5.41) is 17.0. The Morgan fingerprint density at radius 1 is 1.00 bits per heavy atom. The molecule has 0 radical (unpaired) electrons. The average Bonchev–Trinajstić information content (AvgIpc) is 2.77. The lowest BCUT2D eigenvalue weighted by atomic mass is 10.3. The fourth-order valence-electron chi connectivity index (χ4n) is 1.35. The summed E-state index contributed by atoms with van der Waals surface area (Å²) in [7, 11) is 1.10. The Kier molecular flexibility index (Phi) is 2.22. The molecule has 0 aromatic rings. The molecule has 0 amide bonds. The van der Waals surface area contributed by atoms with E-state index >= 15 is 0 Å². The highest BCUT2D eigenvalue weighted by molar-refractivity contribution is 5.96. The number of carbonyl (C=O) groups excluding carboxylic acids is 1. The van der Waals surface area contributed by atoms with E-state index in [1.165, 1.54) is 0 Å². The van der Waals surface area contributed by atoms with Crippen molar-refractivity contribution in [2.45, 2.75) is 0 Å². The Balaban J connectivity index is 2.73. The molecule has 0 aromatic heterocycles. The molecule has 1 aliphatic carbocycles. The van der Waals surface area contributed by atoms with E-state index in [-0.39, 0.29) is 0 Å². The van der Waals surface area contributed by atoms with Crippen LogP contribution < -0.4 is 0 Å². The van der Waals surface area contributed by atoms with E-state index in [9.17, 15) is 14.4 Å². The lowest BCUT2D eigenvalue weighted by molar-refractivity contribution is -0.147. The molecule has 72 valence electrons. The maximum absolute atomic E-state index is 10.9. The first-order chi connectivity index (χ1) is 6.00. The summed E-state index contributed by atoms with van der Waals surface area (Å²) in [4.78, 5) is 31.7. The predicted octanol–water partition coefficient (Wildman–Crippen LogP) is -0.809. The summed E-state index contributed by atoms with van der Waals surface area (Å²) in [6.07, 6.45) is 0. The number of carbonyl (C=O) groups is 3. The molecule has 0 aliphatic heterocycles. The first kappa shape index (κ1) is 9.50. The molecule has 13 heavy (non-hydrogen) atoms. The van der Waals surface area contributed by atoms with E-state index in [1.807, 2.05) is 0 Å². The Bertz CT molecular complexity index is 250. The van der Waals surface area contributed by atoms with E-state index in [0.717, 1.165) is 7.11 Å². The van der Waals surface area contributed by atoms with Crippen molar-refractivity contribution in [3.63, 3.8) is 0 Å². The first-order valence-electron chi connectivity index (χ1n) is 3.54. The molecule has 6 heteroatoms. The molecule has 1 aliphatic rings. The van der Waals surface area contributed by atoms with Crippen LogP contribution in [0.1, 0.15) is 0 Å². The van der Waals surface area contributed by atoms with Gasteiger partial charge in [0.1, 0.15) is 0 Å². The topological polar surface area (TPSA) is 101 Å². The van der Waals surface area contributed by atoms with Crippen LogP contribution in [-0.4, -0.2) is 35.2 Å². The summed E-state index contributed by atoms with van der Waals surface area (Å²) in [6, 6.07) is 0. The first-order valence-corrected chi connectivity index (χ1v) is 3.54. The van der Waals surface area contributed by atoms with Gasteiger partial charge in [-0.2, -0.15) is 0 Å². The number of carboxylic acids is 2. The van der Waals surface area contributed by atoms with Gasteiger partial charge in [-0.05, 0) is 0 Å². The second kappa shape index (κ2) is 3.04. The summed E-state index contributed by atoms with van der Waals surface area (Å²) < 4.78 is 4.27.